The molecule has 0 aliphatic heterocycles. The molecule has 106 valence electrons. The van der Waals surface area contributed by atoms with Gasteiger partial charge in [-0.25, -0.2) is 0 Å². The van der Waals surface area contributed by atoms with Crippen LogP contribution >= 0.6 is 0 Å². The Balaban J connectivity index is -0.000000213. The van der Waals surface area contributed by atoms with Crippen LogP contribution in [0.5, 0.6) is 0 Å². The van der Waals surface area contributed by atoms with Crippen molar-refractivity contribution in [2.75, 3.05) is 40.4 Å². The van der Waals surface area contributed by atoms with Gasteiger partial charge in [0.1, 0.15) is 0 Å². The molecule has 0 aromatic heterocycles. The van der Waals surface area contributed by atoms with E-state index in [9.17, 15) is 4.79 Å². The Kier molecular flexibility index (Phi) is 31.2. The number of hydrogen-bond acceptors (Lipinski definition) is 5. The molecule has 0 aliphatic carbocycles. The summed E-state index contributed by atoms with van der Waals surface area (Å²) in [5.41, 5.74) is 0. The first kappa shape index (κ1) is 21.6. The topological polar surface area (TPSA) is 70.6 Å². The number of hydrogen-bond donors (Lipinski definition) is 3. The molecule has 0 heterocycles. The average Bonchev–Trinajstić information content (AvgIpc) is 2.35. The first-order valence-corrected chi connectivity index (χ1v) is 6.22. The summed E-state index contributed by atoms with van der Waals surface area (Å²) in [5, 5.41) is 14.0. The fraction of sp³-hybridized carbons (Fsp3) is 0.917. The van der Waals surface area contributed by atoms with Gasteiger partial charge in [-0.1, -0.05) is 13.8 Å². The van der Waals surface area contributed by atoms with Gasteiger partial charge in [0, 0.05) is 13.5 Å². The number of rotatable bonds is 7. The molecule has 0 aromatic rings. The minimum absolute atomic E-state index is 0.203. The molecule has 0 fully saturated rings. The molecule has 0 amide bonds. The molecule has 0 bridgehead atoms. The highest BCUT2D eigenvalue weighted by atomic mass is 16.5. The van der Waals surface area contributed by atoms with Crippen LogP contribution in [0.1, 0.15) is 33.6 Å². The van der Waals surface area contributed by atoms with E-state index in [1.807, 2.05) is 27.9 Å². The van der Waals surface area contributed by atoms with E-state index in [-0.39, 0.29) is 5.97 Å². The summed E-state index contributed by atoms with van der Waals surface area (Å²) >= 11 is 0. The lowest BCUT2D eigenvalue weighted by Gasteiger charge is -1.99. The third-order valence-electron chi connectivity index (χ3n) is 1.46. The molecule has 0 saturated heterocycles. The fourth-order valence-corrected chi connectivity index (χ4v) is 0.721. The smallest absolute Gasteiger partial charge is 0.302 e. The van der Waals surface area contributed by atoms with Gasteiger partial charge in [0.05, 0.1) is 6.61 Å². The summed E-state index contributed by atoms with van der Waals surface area (Å²) in [4.78, 5) is 10.2. The van der Waals surface area contributed by atoms with Gasteiger partial charge in [-0.15, -0.1) is 0 Å². The Morgan fingerprint density at radius 1 is 1.12 bits per heavy atom. The van der Waals surface area contributed by atoms with E-state index in [1.165, 1.54) is 6.92 Å². The van der Waals surface area contributed by atoms with Gasteiger partial charge in [-0.2, -0.15) is 0 Å². The summed E-state index contributed by atoms with van der Waals surface area (Å²) in [6.45, 7) is 8.04. The van der Waals surface area contributed by atoms with Crippen LogP contribution in [0.3, 0.4) is 0 Å². The highest BCUT2D eigenvalue weighted by Crippen LogP contribution is 1.80. The maximum atomic E-state index is 10.2. The molecular formula is C12H30N2O3. The van der Waals surface area contributed by atoms with Crippen molar-refractivity contribution in [3.05, 3.63) is 0 Å². The Labute approximate surface area is 106 Å². The van der Waals surface area contributed by atoms with Crippen LogP contribution in [-0.2, 0) is 9.53 Å². The standard InChI is InChI=1S/C6H13NO2.C4H11NO.C2H6/c1-6(8)9-5-3-4-7-2;1-5-3-2-4-6;1-2/h7H,3-5H2,1-2H3;5-6H,2-4H2,1H3;1-2H3. The van der Waals surface area contributed by atoms with Crippen molar-refractivity contribution in [3.63, 3.8) is 0 Å². The van der Waals surface area contributed by atoms with Crippen LogP contribution < -0.4 is 10.6 Å². The zero-order chi connectivity index (χ0) is 13.9. The van der Waals surface area contributed by atoms with Crippen molar-refractivity contribution in [1.82, 2.24) is 10.6 Å². The minimum atomic E-state index is -0.203. The largest absolute Gasteiger partial charge is 0.466 e. The number of ether oxygens (including phenoxy) is 1. The zero-order valence-electron chi connectivity index (χ0n) is 12.0. The van der Waals surface area contributed by atoms with Crippen molar-refractivity contribution < 1.29 is 14.6 Å². The molecule has 5 nitrogen and oxygen atoms in total. The summed E-state index contributed by atoms with van der Waals surface area (Å²) in [5.74, 6) is -0.203. The Morgan fingerprint density at radius 3 is 1.88 bits per heavy atom. The monoisotopic (exact) mass is 250 g/mol. The second-order valence-electron chi connectivity index (χ2n) is 2.98. The number of carbonyl (C=O) groups is 1. The Hall–Kier alpha value is -0.650. The molecule has 3 N–H and O–H groups in total. The molecule has 5 heteroatoms. The first-order chi connectivity index (χ1) is 8.18. The van der Waals surface area contributed by atoms with Crippen LogP contribution in [0, 0.1) is 0 Å². The van der Waals surface area contributed by atoms with Crippen molar-refractivity contribution in [2.24, 2.45) is 0 Å². The summed E-state index contributed by atoms with van der Waals surface area (Å²) in [7, 11) is 3.74. The highest BCUT2D eigenvalue weighted by molar-refractivity contribution is 5.65. The van der Waals surface area contributed by atoms with Gasteiger partial charge in [-0.05, 0) is 40.0 Å². The number of carbonyl (C=O) groups excluding carboxylic acids is 1. The Morgan fingerprint density at radius 2 is 1.59 bits per heavy atom. The molecule has 0 saturated carbocycles. The number of aliphatic hydroxyl groups is 1. The summed E-state index contributed by atoms with van der Waals surface area (Å²) in [6.07, 6.45) is 1.74. The molecule has 0 atom stereocenters. The second kappa shape index (κ2) is 24.5. The van der Waals surface area contributed by atoms with Crippen molar-refractivity contribution >= 4 is 5.97 Å². The van der Waals surface area contributed by atoms with Crippen LogP contribution in [0.25, 0.3) is 0 Å². The second-order valence-corrected chi connectivity index (χ2v) is 2.98. The SMILES string of the molecule is CC.CNCCCO.CNCCCOC(C)=O. The maximum absolute atomic E-state index is 10.2. The summed E-state index contributed by atoms with van der Waals surface area (Å²) in [6, 6.07) is 0. The molecule has 0 aromatic carbocycles. The minimum Gasteiger partial charge on any atom is -0.466 e. The first-order valence-electron chi connectivity index (χ1n) is 6.22. The molecule has 0 radical (unpaired) electrons. The van der Waals surface area contributed by atoms with Crippen LogP contribution in [-0.4, -0.2) is 51.5 Å². The molecule has 17 heavy (non-hydrogen) atoms. The van der Waals surface area contributed by atoms with E-state index in [2.05, 4.69) is 15.4 Å². The van der Waals surface area contributed by atoms with Gasteiger partial charge < -0.3 is 20.5 Å². The van der Waals surface area contributed by atoms with E-state index in [1.54, 1.807) is 0 Å². The third-order valence-corrected chi connectivity index (χ3v) is 1.46. The average molecular weight is 250 g/mol. The lowest BCUT2D eigenvalue weighted by Crippen LogP contribution is -2.11. The fourth-order valence-electron chi connectivity index (χ4n) is 0.721. The molecular weight excluding hydrogens is 220 g/mol. The third kappa shape index (κ3) is 39.2. The molecule has 0 spiro atoms. The number of aliphatic hydroxyl groups excluding tert-OH is 1. The lowest BCUT2D eigenvalue weighted by molar-refractivity contribution is -0.141. The number of esters is 1. The highest BCUT2D eigenvalue weighted by Gasteiger charge is 1.89. The normalized spacial score (nSPS) is 8.35. The van der Waals surface area contributed by atoms with Crippen LogP contribution in [0.2, 0.25) is 0 Å². The zero-order valence-corrected chi connectivity index (χ0v) is 12.0. The van der Waals surface area contributed by atoms with Crippen LogP contribution in [0.4, 0.5) is 0 Å². The predicted molar refractivity (Wildman–Crippen MR) is 72.2 cm³/mol. The lowest BCUT2D eigenvalue weighted by atomic mass is 10.4. The van der Waals surface area contributed by atoms with Gasteiger partial charge in [0.2, 0.25) is 0 Å². The van der Waals surface area contributed by atoms with Gasteiger partial charge in [0.15, 0.2) is 0 Å². The van der Waals surface area contributed by atoms with E-state index < -0.39 is 0 Å². The van der Waals surface area contributed by atoms with E-state index in [0.29, 0.717) is 13.2 Å². The van der Waals surface area contributed by atoms with Crippen LogP contribution in [0.15, 0.2) is 0 Å². The van der Waals surface area contributed by atoms with E-state index in [0.717, 1.165) is 25.9 Å². The van der Waals surface area contributed by atoms with E-state index in [4.69, 9.17) is 5.11 Å². The molecule has 0 rings (SSSR count). The Bertz CT molecular complexity index is 129. The van der Waals surface area contributed by atoms with Gasteiger partial charge >= 0.3 is 5.97 Å². The molecule has 0 unspecified atom stereocenters. The number of nitrogens with one attached hydrogen (secondary N) is 2. The van der Waals surface area contributed by atoms with E-state index >= 15 is 0 Å². The quantitative estimate of drug-likeness (QED) is 0.460. The van der Waals surface area contributed by atoms with Crippen molar-refractivity contribution in [3.8, 4) is 0 Å². The maximum Gasteiger partial charge on any atom is 0.302 e. The van der Waals surface area contributed by atoms with Crippen molar-refractivity contribution in [1.29, 1.82) is 0 Å². The van der Waals surface area contributed by atoms with Gasteiger partial charge in [-0.3, -0.25) is 4.79 Å². The van der Waals surface area contributed by atoms with Gasteiger partial charge in [0.25, 0.3) is 0 Å². The summed E-state index contributed by atoms with van der Waals surface area (Å²) < 4.78 is 4.66. The predicted octanol–water partition coefficient (Wildman–Crippen LogP) is 0.773. The molecule has 0 aliphatic rings. The van der Waals surface area contributed by atoms with Crippen molar-refractivity contribution in [2.45, 2.75) is 33.6 Å².